The minimum Gasteiger partial charge on any atom is -0.462 e. The van der Waals surface area contributed by atoms with E-state index in [-0.39, 0.29) is 5.75 Å². The van der Waals surface area contributed by atoms with Crippen LogP contribution in [-0.4, -0.2) is 57.3 Å². The zero-order valence-electron chi connectivity index (χ0n) is 20.4. The molecule has 1 unspecified atom stereocenters. The summed E-state index contributed by atoms with van der Waals surface area (Å²) in [6, 6.07) is 7.60. The van der Waals surface area contributed by atoms with Crippen molar-refractivity contribution in [3.63, 3.8) is 0 Å². The van der Waals surface area contributed by atoms with Gasteiger partial charge in [0.05, 0.1) is 12.7 Å². The Balaban J connectivity index is 1.83. The zero-order valence-corrected chi connectivity index (χ0v) is 21.3. The SMILES string of the molecule is C=C[C@H](N[P@@](=O)(OCC1O[C@@H](n2ccc(=O)[nH]c2=O)[C@](C)(F)[C@@H]1O)Oc1ccccc1)C(=O)OC(C)C. The number of esters is 1. The van der Waals surface area contributed by atoms with E-state index in [1.165, 1.54) is 12.1 Å². The first-order chi connectivity index (χ1) is 17.4. The smallest absolute Gasteiger partial charge is 0.459 e. The summed E-state index contributed by atoms with van der Waals surface area (Å²) in [4.78, 5) is 37.9. The van der Waals surface area contributed by atoms with Crippen molar-refractivity contribution in [2.75, 3.05) is 6.61 Å². The van der Waals surface area contributed by atoms with Crippen LogP contribution in [0.15, 0.2) is 64.8 Å². The number of nitrogens with zero attached hydrogens (tertiary/aromatic N) is 1. The van der Waals surface area contributed by atoms with Crippen molar-refractivity contribution in [3.8, 4) is 5.75 Å². The van der Waals surface area contributed by atoms with Gasteiger partial charge in [-0.15, -0.1) is 6.58 Å². The average Bonchev–Trinajstić information content (AvgIpc) is 3.05. The monoisotopic (exact) mass is 541 g/mol. The number of aromatic nitrogens is 2. The number of hydrogen-bond acceptors (Lipinski definition) is 9. The van der Waals surface area contributed by atoms with Crippen LogP contribution in [0.2, 0.25) is 0 Å². The van der Waals surface area contributed by atoms with Gasteiger partial charge in [0.25, 0.3) is 5.56 Å². The zero-order chi connectivity index (χ0) is 27.4. The third kappa shape index (κ3) is 6.82. The molecule has 0 saturated carbocycles. The molecule has 3 rings (SSSR count). The summed E-state index contributed by atoms with van der Waals surface area (Å²) in [5.74, 6) is -0.671. The van der Waals surface area contributed by atoms with Crippen molar-refractivity contribution in [1.29, 1.82) is 0 Å². The first kappa shape index (κ1) is 28.5. The van der Waals surface area contributed by atoms with Gasteiger partial charge in [-0.25, -0.2) is 18.5 Å². The van der Waals surface area contributed by atoms with Crippen LogP contribution in [0.3, 0.4) is 0 Å². The lowest BCUT2D eigenvalue weighted by atomic mass is 9.98. The Bertz CT molecular complexity index is 1260. The van der Waals surface area contributed by atoms with E-state index in [1.54, 1.807) is 32.0 Å². The van der Waals surface area contributed by atoms with E-state index in [0.29, 0.717) is 0 Å². The van der Waals surface area contributed by atoms with Gasteiger partial charge in [0, 0.05) is 12.3 Å². The number of aliphatic hydroxyl groups is 1. The number of hydrogen-bond donors (Lipinski definition) is 3. The van der Waals surface area contributed by atoms with Gasteiger partial charge in [0.15, 0.2) is 11.9 Å². The number of ether oxygens (including phenoxy) is 2. The van der Waals surface area contributed by atoms with Crippen LogP contribution in [0.25, 0.3) is 0 Å². The second-order valence-corrected chi connectivity index (χ2v) is 10.4. The number of nitrogens with one attached hydrogen (secondary N) is 2. The molecule has 1 aromatic heterocycles. The maximum atomic E-state index is 15.5. The standard InChI is InChI=1S/C23H29FN3O9P/c1-5-16(20(30)34-14(2)3)26-37(32,36-15-9-7-6-8-10-15)33-13-17-19(29)23(4,24)21(35-17)27-12-11-18(28)25-22(27)31/h5-12,14,16-17,19,21,29H,1,13H2,2-4H3,(H,26,32)(H,25,28,31)/t16-,17?,19+,21+,23+,37+/m0/s1. The maximum Gasteiger partial charge on any atom is 0.459 e. The van der Waals surface area contributed by atoms with Gasteiger partial charge < -0.3 is 19.1 Å². The Morgan fingerprint density at radius 2 is 2.03 bits per heavy atom. The van der Waals surface area contributed by atoms with Crippen LogP contribution in [-0.2, 0) is 23.4 Å². The molecule has 2 heterocycles. The van der Waals surface area contributed by atoms with Gasteiger partial charge in [-0.05, 0) is 32.9 Å². The molecular weight excluding hydrogens is 512 g/mol. The molecule has 1 saturated heterocycles. The molecule has 12 nitrogen and oxygen atoms in total. The summed E-state index contributed by atoms with van der Waals surface area (Å²) in [5, 5.41) is 13.0. The number of aliphatic hydroxyl groups excluding tert-OH is 1. The molecule has 1 aliphatic rings. The summed E-state index contributed by atoms with van der Waals surface area (Å²) in [6.45, 7) is 7.14. The van der Waals surface area contributed by atoms with Gasteiger partial charge in [-0.3, -0.25) is 18.9 Å². The van der Waals surface area contributed by atoms with Crippen LogP contribution in [0.5, 0.6) is 5.75 Å². The first-order valence-corrected chi connectivity index (χ1v) is 12.8. The molecule has 14 heteroatoms. The molecule has 0 bridgehead atoms. The Morgan fingerprint density at radius 3 is 2.62 bits per heavy atom. The number of para-hydroxylation sites is 1. The Morgan fingerprint density at radius 1 is 1.35 bits per heavy atom. The highest BCUT2D eigenvalue weighted by Crippen LogP contribution is 2.47. The fourth-order valence-electron chi connectivity index (χ4n) is 3.52. The predicted molar refractivity (Wildman–Crippen MR) is 130 cm³/mol. The molecule has 1 aliphatic heterocycles. The lowest BCUT2D eigenvalue weighted by Crippen LogP contribution is -2.44. The Kier molecular flexibility index (Phi) is 8.88. The Hall–Kier alpha value is -3.09. The highest BCUT2D eigenvalue weighted by Gasteiger charge is 2.56. The van der Waals surface area contributed by atoms with Crippen molar-refractivity contribution in [3.05, 3.63) is 76.1 Å². The minimum atomic E-state index is -4.39. The van der Waals surface area contributed by atoms with Crippen molar-refractivity contribution >= 4 is 13.7 Å². The predicted octanol–water partition coefficient (Wildman–Crippen LogP) is 1.82. The fourth-order valence-corrected chi connectivity index (χ4v) is 5.00. The van der Waals surface area contributed by atoms with E-state index in [9.17, 15) is 24.1 Å². The number of benzene rings is 1. The highest BCUT2D eigenvalue weighted by atomic mass is 31.2. The van der Waals surface area contributed by atoms with Gasteiger partial charge in [-0.1, -0.05) is 24.3 Å². The number of H-pyrrole nitrogens is 1. The van der Waals surface area contributed by atoms with Crippen LogP contribution in [0, 0.1) is 0 Å². The molecule has 1 fully saturated rings. The van der Waals surface area contributed by atoms with Gasteiger partial charge in [0.1, 0.15) is 24.0 Å². The molecule has 2 aromatic rings. The summed E-state index contributed by atoms with van der Waals surface area (Å²) in [6.07, 6.45) is -3.18. The first-order valence-electron chi connectivity index (χ1n) is 11.3. The quantitative estimate of drug-likeness (QED) is 0.218. The number of rotatable bonds is 11. The van der Waals surface area contributed by atoms with E-state index in [4.69, 9.17) is 18.5 Å². The molecule has 0 aliphatic carbocycles. The number of carbonyl (C=O) groups is 1. The Labute approximate surface area is 211 Å². The minimum absolute atomic E-state index is 0.124. The van der Waals surface area contributed by atoms with E-state index < -0.39 is 67.8 Å². The lowest BCUT2D eigenvalue weighted by molar-refractivity contribution is -0.148. The van der Waals surface area contributed by atoms with Crippen molar-refractivity contribution in [1.82, 2.24) is 14.6 Å². The van der Waals surface area contributed by atoms with E-state index >= 15 is 4.39 Å². The number of alkyl halides is 1. The molecule has 0 amide bonds. The largest absolute Gasteiger partial charge is 0.462 e. The molecular formula is C23H29FN3O9P. The molecule has 0 spiro atoms. The van der Waals surface area contributed by atoms with Crippen molar-refractivity contribution in [2.45, 2.75) is 57.0 Å². The van der Waals surface area contributed by atoms with Gasteiger partial charge >= 0.3 is 19.4 Å². The molecule has 37 heavy (non-hydrogen) atoms. The van der Waals surface area contributed by atoms with Gasteiger partial charge in [0.2, 0.25) is 0 Å². The number of carbonyl (C=O) groups excluding carboxylic acids is 1. The molecule has 0 radical (unpaired) electrons. The van der Waals surface area contributed by atoms with E-state index in [0.717, 1.165) is 29.8 Å². The second kappa shape index (κ2) is 11.5. The molecule has 6 atom stereocenters. The molecule has 1 aromatic carbocycles. The van der Waals surface area contributed by atoms with Crippen LogP contribution in [0.4, 0.5) is 4.39 Å². The van der Waals surface area contributed by atoms with Crippen LogP contribution in [0.1, 0.15) is 27.0 Å². The maximum absolute atomic E-state index is 15.5. The molecule has 3 N–H and O–H groups in total. The van der Waals surface area contributed by atoms with E-state index in [2.05, 4.69) is 11.7 Å². The topological polar surface area (TPSA) is 158 Å². The third-order valence-electron chi connectivity index (χ3n) is 5.34. The van der Waals surface area contributed by atoms with Crippen LogP contribution >= 0.6 is 7.75 Å². The number of aromatic amines is 1. The molecule has 202 valence electrons. The third-order valence-corrected chi connectivity index (χ3v) is 6.87. The van der Waals surface area contributed by atoms with Crippen molar-refractivity contribution < 1.29 is 37.4 Å². The second-order valence-electron chi connectivity index (χ2n) is 8.67. The van der Waals surface area contributed by atoms with Crippen molar-refractivity contribution in [2.24, 2.45) is 0 Å². The summed E-state index contributed by atoms with van der Waals surface area (Å²) < 4.78 is 51.6. The normalized spacial score (nSPS) is 25.8. The summed E-state index contributed by atoms with van der Waals surface area (Å²) >= 11 is 0. The lowest BCUT2D eigenvalue weighted by Gasteiger charge is -2.25. The average molecular weight is 541 g/mol. The highest BCUT2D eigenvalue weighted by molar-refractivity contribution is 7.52. The van der Waals surface area contributed by atoms with E-state index in [1.807, 2.05) is 4.98 Å². The number of halogens is 1. The fraction of sp³-hybridized carbons (Fsp3) is 0.435. The van der Waals surface area contributed by atoms with Crippen LogP contribution < -0.4 is 20.9 Å². The summed E-state index contributed by atoms with van der Waals surface area (Å²) in [5.41, 5.74) is -4.15. The van der Waals surface area contributed by atoms with Gasteiger partial charge in [-0.2, -0.15) is 5.09 Å². The summed E-state index contributed by atoms with van der Waals surface area (Å²) in [7, 11) is -4.39.